The monoisotopic (exact) mass is 380 g/mol. The van der Waals surface area contributed by atoms with Crippen molar-refractivity contribution in [1.29, 1.82) is 0 Å². The highest BCUT2D eigenvalue weighted by Gasteiger charge is 2.23. The second-order valence-electron chi connectivity index (χ2n) is 8.77. The topological polar surface area (TPSA) is 41.6 Å². The summed E-state index contributed by atoms with van der Waals surface area (Å²) in [6.45, 7) is 11.8. The maximum Gasteiger partial charge on any atom is 0.407 e. The molecule has 0 unspecified atom stereocenters. The number of aryl methyl sites for hydroxylation is 2. The summed E-state index contributed by atoms with van der Waals surface area (Å²) in [6, 6.07) is 15.6. The molecule has 4 heteroatoms. The van der Waals surface area contributed by atoms with Gasteiger partial charge in [-0.25, -0.2) is 4.79 Å². The van der Waals surface area contributed by atoms with Gasteiger partial charge in [-0.1, -0.05) is 35.9 Å². The van der Waals surface area contributed by atoms with Gasteiger partial charge in [0.25, 0.3) is 0 Å². The number of nitrogens with one attached hydrogen (secondary N) is 1. The fourth-order valence-electron chi connectivity index (χ4n) is 3.65. The lowest BCUT2D eigenvalue weighted by atomic mass is 9.98. The van der Waals surface area contributed by atoms with E-state index < -0.39 is 5.60 Å². The molecule has 0 saturated carbocycles. The predicted octanol–water partition coefficient (Wildman–Crippen LogP) is 5.46. The van der Waals surface area contributed by atoms with Gasteiger partial charge in [0.05, 0.1) is 0 Å². The van der Waals surface area contributed by atoms with Gasteiger partial charge in [0.15, 0.2) is 0 Å². The second-order valence-corrected chi connectivity index (χ2v) is 8.77. The Kier molecular flexibility index (Phi) is 5.97. The molecule has 1 heterocycles. The number of alkyl carbamates (subject to hydrolysis) is 1. The SMILES string of the molecule is Cc1ccc(C)c(-c2ccc(N3CCC(NC(=O)OC(C)(C)C)CC3)cc2)c1. The van der Waals surface area contributed by atoms with Gasteiger partial charge in [-0.2, -0.15) is 0 Å². The smallest absolute Gasteiger partial charge is 0.407 e. The summed E-state index contributed by atoms with van der Waals surface area (Å²) in [4.78, 5) is 14.3. The largest absolute Gasteiger partial charge is 0.444 e. The highest BCUT2D eigenvalue weighted by atomic mass is 16.6. The van der Waals surface area contributed by atoms with E-state index in [0.717, 1.165) is 25.9 Å². The Morgan fingerprint density at radius 2 is 1.68 bits per heavy atom. The van der Waals surface area contributed by atoms with Crippen molar-refractivity contribution in [3.8, 4) is 11.1 Å². The summed E-state index contributed by atoms with van der Waals surface area (Å²) < 4.78 is 5.36. The molecule has 1 saturated heterocycles. The molecule has 0 radical (unpaired) electrons. The molecular weight excluding hydrogens is 348 g/mol. The Hall–Kier alpha value is -2.49. The molecule has 0 bridgehead atoms. The molecule has 0 aliphatic carbocycles. The third-order valence-electron chi connectivity index (χ3n) is 5.15. The number of hydrogen-bond acceptors (Lipinski definition) is 3. The van der Waals surface area contributed by atoms with Crippen LogP contribution in [0.3, 0.4) is 0 Å². The van der Waals surface area contributed by atoms with Crippen LogP contribution in [-0.2, 0) is 4.74 Å². The molecule has 2 aromatic carbocycles. The molecule has 0 aromatic heterocycles. The van der Waals surface area contributed by atoms with Gasteiger partial charge in [-0.05, 0) is 76.3 Å². The van der Waals surface area contributed by atoms with Crippen LogP contribution in [0.15, 0.2) is 42.5 Å². The molecule has 2 aromatic rings. The zero-order valence-electron chi connectivity index (χ0n) is 17.7. The third-order valence-corrected chi connectivity index (χ3v) is 5.15. The summed E-state index contributed by atoms with van der Waals surface area (Å²) in [6.07, 6.45) is 1.54. The van der Waals surface area contributed by atoms with E-state index in [2.05, 4.69) is 66.5 Å². The maximum atomic E-state index is 12.0. The Labute approximate surface area is 168 Å². The number of carbonyl (C=O) groups excluding carboxylic acids is 1. The van der Waals surface area contributed by atoms with E-state index in [9.17, 15) is 4.79 Å². The Bertz CT molecular complexity index is 813. The van der Waals surface area contributed by atoms with E-state index in [1.54, 1.807) is 0 Å². The van der Waals surface area contributed by atoms with E-state index in [1.165, 1.54) is 27.9 Å². The molecule has 0 spiro atoms. The summed E-state index contributed by atoms with van der Waals surface area (Å²) >= 11 is 0. The van der Waals surface area contributed by atoms with Crippen LogP contribution in [0.25, 0.3) is 11.1 Å². The minimum Gasteiger partial charge on any atom is -0.444 e. The quantitative estimate of drug-likeness (QED) is 0.768. The molecule has 0 atom stereocenters. The van der Waals surface area contributed by atoms with Gasteiger partial charge in [0.1, 0.15) is 5.60 Å². The van der Waals surface area contributed by atoms with Crippen molar-refractivity contribution in [2.75, 3.05) is 18.0 Å². The van der Waals surface area contributed by atoms with Crippen molar-refractivity contribution in [3.05, 3.63) is 53.6 Å². The molecule has 1 N–H and O–H groups in total. The van der Waals surface area contributed by atoms with Crippen LogP contribution in [0.1, 0.15) is 44.7 Å². The third kappa shape index (κ3) is 5.28. The number of benzene rings is 2. The fraction of sp³-hybridized carbons (Fsp3) is 0.458. The number of anilines is 1. The molecule has 1 aliphatic rings. The van der Waals surface area contributed by atoms with E-state index >= 15 is 0 Å². The van der Waals surface area contributed by atoms with E-state index in [0.29, 0.717) is 0 Å². The van der Waals surface area contributed by atoms with Gasteiger partial charge in [0.2, 0.25) is 0 Å². The van der Waals surface area contributed by atoms with Crippen molar-refractivity contribution in [2.24, 2.45) is 0 Å². The second kappa shape index (κ2) is 8.26. The lowest BCUT2D eigenvalue weighted by molar-refractivity contribution is 0.0497. The molecule has 1 fully saturated rings. The van der Waals surface area contributed by atoms with Crippen LogP contribution in [0, 0.1) is 13.8 Å². The molecule has 3 rings (SSSR count). The summed E-state index contributed by atoms with van der Waals surface area (Å²) in [7, 11) is 0. The number of ether oxygens (including phenoxy) is 1. The lowest BCUT2D eigenvalue weighted by Crippen LogP contribution is -2.46. The fourth-order valence-corrected chi connectivity index (χ4v) is 3.65. The van der Waals surface area contributed by atoms with Crippen LogP contribution in [-0.4, -0.2) is 30.8 Å². The summed E-state index contributed by atoms with van der Waals surface area (Å²) in [5.41, 5.74) is 5.92. The molecule has 1 aliphatic heterocycles. The normalized spacial score (nSPS) is 15.4. The van der Waals surface area contributed by atoms with Crippen LogP contribution < -0.4 is 10.2 Å². The number of nitrogens with zero attached hydrogens (tertiary/aromatic N) is 1. The van der Waals surface area contributed by atoms with Crippen molar-refractivity contribution in [2.45, 2.75) is 59.1 Å². The first-order chi connectivity index (χ1) is 13.2. The number of amides is 1. The predicted molar refractivity (Wildman–Crippen MR) is 116 cm³/mol. The Morgan fingerprint density at radius 3 is 2.29 bits per heavy atom. The van der Waals surface area contributed by atoms with Gasteiger partial charge < -0.3 is 15.0 Å². The first-order valence-electron chi connectivity index (χ1n) is 10.1. The number of hydrogen-bond donors (Lipinski definition) is 1. The first-order valence-corrected chi connectivity index (χ1v) is 10.1. The highest BCUT2D eigenvalue weighted by molar-refractivity contribution is 5.70. The molecular formula is C24H32N2O2. The molecule has 4 nitrogen and oxygen atoms in total. The van der Waals surface area contributed by atoms with E-state index in [1.807, 2.05) is 20.8 Å². The Balaban J connectivity index is 1.58. The number of carbonyl (C=O) groups is 1. The Morgan fingerprint density at radius 1 is 1.04 bits per heavy atom. The molecule has 1 amide bonds. The van der Waals surface area contributed by atoms with Crippen LogP contribution in [0.4, 0.5) is 10.5 Å². The van der Waals surface area contributed by atoms with Crippen molar-refractivity contribution < 1.29 is 9.53 Å². The standard InChI is InChI=1S/C24H32N2O2/c1-17-6-7-18(2)22(16-17)19-8-10-21(11-9-19)26-14-12-20(13-15-26)25-23(27)28-24(3,4)5/h6-11,16,20H,12-15H2,1-5H3,(H,25,27). The number of rotatable bonds is 3. The maximum absolute atomic E-state index is 12.0. The van der Waals surface area contributed by atoms with Gasteiger partial charge in [0, 0.05) is 24.8 Å². The number of piperidine rings is 1. The van der Waals surface area contributed by atoms with Crippen molar-refractivity contribution in [1.82, 2.24) is 5.32 Å². The van der Waals surface area contributed by atoms with E-state index in [-0.39, 0.29) is 12.1 Å². The zero-order valence-corrected chi connectivity index (χ0v) is 17.7. The summed E-state index contributed by atoms with van der Waals surface area (Å²) in [5.74, 6) is 0. The van der Waals surface area contributed by atoms with Gasteiger partial charge in [-0.15, -0.1) is 0 Å². The minimum absolute atomic E-state index is 0.181. The van der Waals surface area contributed by atoms with Gasteiger partial charge >= 0.3 is 6.09 Å². The average Bonchev–Trinajstić information content (AvgIpc) is 2.63. The first kappa shape index (κ1) is 20.2. The van der Waals surface area contributed by atoms with Crippen molar-refractivity contribution >= 4 is 11.8 Å². The van der Waals surface area contributed by atoms with E-state index in [4.69, 9.17) is 4.74 Å². The molecule has 28 heavy (non-hydrogen) atoms. The van der Waals surface area contributed by atoms with Crippen LogP contribution in [0.5, 0.6) is 0 Å². The average molecular weight is 381 g/mol. The zero-order chi connectivity index (χ0) is 20.3. The molecule has 150 valence electrons. The van der Waals surface area contributed by atoms with Crippen LogP contribution >= 0.6 is 0 Å². The lowest BCUT2D eigenvalue weighted by Gasteiger charge is -2.34. The minimum atomic E-state index is -0.456. The summed E-state index contributed by atoms with van der Waals surface area (Å²) in [5, 5.41) is 3.00. The van der Waals surface area contributed by atoms with Crippen LogP contribution in [0.2, 0.25) is 0 Å². The highest BCUT2D eigenvalue weighted by Crippen LogP contribution is 2.28. The van der Waals surface area contributed by atoms with Crippen molar-refractivity contribution in [3.63, 3.8) is 0 Å². The van der Waals surface area contributed by atoms with Gasteiger partial charge in [-0.3, -0.25) is 0 Å².